The third-order valence-corrected chi connectivity index (χ3v) is 4.13. The molecule has 0 bridgehead atoms. The number of nitrogens with one attached hydrogen (secondary N) is 1. The average molecular weight is 432 g/mol. The van der Waals surface area contributed by atoms with E-state index >= 15 is 0 Å². The Morgan fingerprint density at radius 3 is 2.62 bits per heavy atom. The van der Waals surface area contributed by atoms with Crippen LogP contribution in [0.4, 0.5) is 11.4 Å². The van der Waals surface area contributed by atoms with Gasteiger partial charge in [-0.2, -0.15) is 0 Å². The third-order valence-electron chi connectivity index (χ3n) is 3.07. The van der Waals surface area contributed by atoms with E-state index in [9.17, 15) is 9.59 Å². The molecule has 2 aromatic carbocycles. The maximum atomic E-state index is 12.2. The molecule has 0 aromatic heterocycles. The van der Waals surface area contributed by atoms with Crippen LogP contribution in [0.25, 0.3) is 0 Å². The van der Waals surface area contributed by atoms with Gasteiger partial charge in [-0.3, -0.25) is 4.79 Å². The lowest BCUT2D eigenvalue weighted by molar-refractivity contribution is -0.123. The fraction of sp³-hybridized carbons (Fsp3) is 0.125. The van der Waals surface area contributed by atoms with E-state index in [-0.39, 0.29) is 11.3 Å². The molecule has 0 aliphatic carbocycles. The predicted molar refractivity (Wildman–Crippen MR) is 98.5 cm³/mol. The van der Waals surface area contributed by atoms with Crippen molar-refractivity contribution in [3.8, 4) is 0 Å². The molecule has 1 unspecified atom stereocenters. The van der Waals surface area contributed by atoms with Crippen LogP contribution in [0.3, 0.4) is 0 Å². The highest BCUT2D eigenvalue weighted by Gasteiger charge is 2.21. The van der Waals surface area contributed by atoms with Crippen molar-refractivity contribution < 1.29 is 14.3 Å². The Morgan fingerprint density at radius 2 is 1.92 bits per heavy atom. The fourth-order valence-corrected chi connectivity index (χ4v) is 2.51. The fourth-order valence-electron chi connectivity index (χ4n) is 1.81. The quantitative estimate of drug-likeness (QED) is 0.550. The number of nitrogens with two attached hydrogens (primary N) is 1. The molecule has 0 spiro atoms. The summed E-state index contributed by atoms with van der Waals surface area (Å²) < 4.78 is 5.82. The molecule has 8 heteroatoms. The Balaban J connectivity index is 2.07. The Kier molecular flexibility index (Phi) is 6.10. The second-order valence-corrected chi connectivity index (χ2v) is 6.65. The van der Waals surface area contributed by atoms with E-state index in [1.54, 1.807) is 24.3 Å². The predicted octanol–water partition coefficient (Wildman–Crippen LogP) is 4.52. The summed E-state index contributed by atoms with van der Waals surface area (Å²) in [5.74, 6) is -1.24. The third kappa shape index (κ3) is 4.63. The molecule has 3 N–H and O–H groups in total. The van der Waals surface area contributed by atoms with Gasteiger partial charge in [0.05, 0.1) is 16.3 Å². The Morgan fingerprint density at radius 1 is 1.21 bits per heavy atom. The van der Waals surface area contributed by atoms with Crippen molar-refractivity contribution in [1.29, 1.82) is 0 Å². The molecule has 1 amide bonds. The standard InChI is InChI=1S/C16H13BrCl2N2O3/c1-8(15(22)21-14-7-10(18)3-4-12(14)19)24-16(23)11-6-9(17)2-5-13(11)20/h2-8H,20H2,1H3,(H,21,22). The maximum Gasteiger partial charge on any atom is 0.341 e. The van der Waals surface area contributed by atoms with Crippen LogP contribution in [0, 0.1) is 0 Å². The SMILES string of the molecule is CC(OC(=O)c1cc(Br)ccc1N)C(=O)Nc1cc(Cl)ccc1Cl. The van der Waals surface area contributed by atoms with Crippen molar-refractivity contribution in [2.45, 2.75) is 13.0 Å². The van der Waals surface area contributed by atoms with Gasteiger partial charge in [-0.1, -0.05) is 39.1 Å². The molecule has 126 valence electrons. The number of esters is 1. The van der Waals surface area contributed by atoms with Gasteiger partial charge in [0.15, 0.2) is 6.10 Å². The Bertz CT molecular complexity index is 799. The molecule has 1 atom stereocenters. The zero-order valence-electron chi connectivity index (χ0n) is 12.5. The molecule has 0 saturated heterocycles. The highest BCUT2D eigenvalue weighted by molar-refractivity contribution is 9.10. The molecule has 0 radical (unpaired) electrons. The van der Waals surface area contributed by atoms with Gasteiger partial charge < -0.3 is 15.8 Å². The number of nitrogen functional groups attached to an aromatic ring is 1. The monoisotopic (exact) mass is 430 g/mol. The lowest BCUT2D eigenvalue weighted by Gasteiger charge is -2.15. The molecular weight excluding hydrogens is 419 g/mol. The molecule has 0 fully saturated rings. The number of halogens is 3. The van der Waals surface area contributed by atoms with Crippen molar-refractivity contribution in [2.75, 3.05) is 11.1 Å². The van der Waals surface area contributed by atoms with Crippen LogP contribution >= 0.6 is 39.1 Å². The number of benzene rings is 2. The molecule has 0 aliphatic heterocycles. The van der Waals surface area contributed by atoms with Crippen LogP contribution in [0.2, 0.25) is 10.0 Å². The van der Waals surface area contributed by atoms with Gasteiger partial charge in [0.1, 0.15) is 0 Å². The van der Waals surface area contributed by atoms with E-state index in [0.29, 0.717) is 20.2 Å². The van der Waals surface area contributed by atoms with Gasteiger partial charge in [-0.15, -0.1) is 0 Å². The first kappa shape index (κ1) is 18.6. The minimum absolute atomic E-state index is 0.171. The Hall–Kier alpha value is -1.76. The van der Waals surface area contributed by atoms with E-state index in [4.69, 9.17) is 33.7 Å². The van der Waals surface area contributed by atoms with Crippen LogP contribution in [-0.4, -0.2) is 18.0 Å². The largest absolute Gasteiger partial charge is 0.449 e. The highest BCUT2D eigenvalue weighted by atomic mass is 79.9. The smallest absolute Gasteiger partial charge is 0.341 e. The summed E-state index contributed by atoms with van der Waals surface area (Å²) in [6.45, 7) is 1.44. The van der Waals surface area contributed by atoms with Crippen molar-refractivity contribution in [1.82, 2.24) is 0 Å². The average Bonchev–Trinajstić information content (AvgIpc) is 2.53. The van der Waals surface area contributed by atoms with Gasteiger partial charge in [0.25, 0.3) is 5.91 Å². The van der Waals surface area contributed by atoms with Gasteiger partial charge in [0.2, 0.25) is 0 Å². The second-order valence-electron chi connectivity index (χ2n) is 4.89. The number of hydrogen-bond donors (Lipinski definition) is 2. The first-order valence-corrected chi connectivity index (χ1v) is 8.34. The van der Waals surface area contributed by atoms with E-state index < -0.39 is 18.0 Å². The molecule has 2 rings (SSSR count). The van der Waals surface area contributed by atoms with Gasteiger partial charge >= 0.3 is 5.97 Å². The van der Waals surface area contributed by atoms with Gasteiger partial charge in [-0.25, -0.2) is 4.79 Å². The minimum Gasteiger partial charge on any atom is -0.449 e. The van der Waals surface area contributed by atoms with Gasteiger partial charge in [0, 0.05) is 15.2 Å². The molecule has 24 heavy (non-hydrogen) atoms. The number of anilines is 2. The second kappa shape index (κ2) is 7.88. The number of carbonyl (C=O) groups is 2. The summed E-state index contributed by atoms with van der Waals surface area (Å²) in [5, 5.41) is 3.30. The van der Waals surface area contributed by atoms with Crippen molar-refractivity contribution in [2.24, 2.45) is 0 Å². The van der Waals surface area contributed by atoms with E-state index in [0.717, 1.165) is 0 Å². The number of carbonyl (C=O) groups excluding carboxylic acids is 2. The first-order valence-electron chi connectivity index (χ1n) is 6.80. The van der Waals surface area contributed by atoms with Crippen molar-refractivity contribution in [3.63, 3.8) is 0 Å². The molecule has 0 aliphatic rings. The summed E-state index contributed by atoms with van der Waals surface area (Å²) in [7, 11) is 0. The first-order chi connectivity index (χ1) is 11.3. The molecular formula is C16H13BrCl2N2O3. The van der Waals surface area contributed by atoms with E-state index in [1.807, 2.05) is 0 Å². The van der Waals surface area contributed by atoms with Crippen LogP contribution < -0.4 is 11.1 Å². The van der Waals surface area contributed by atoms with Crippen LogP contribution in [0.1, 0.15) is 17.3 Å². The zero-order chi connectivity index (χ0) is 17.9. The number of ether oxygens (including phenoxy) is 1. The summed E-state index contributed by atoms with van der Waals surface area (Å²) in [4.78, 5) is 24.3. The molecule has 5 nitrogen and oxygen atoms in total. The molecule has 0 heterocycles. The number of hydrogen-bond acceptors (Lipinski definition) is 4. The van der Waals surface area contributed by atoms with Crippen molar-refractivity contribution >= 4 is 62.4 Å². The van der Waals surface area contributed by atoms with E-state index in [2.05, 4.69) is 21.2 Å². The van der Waals surface area contributed by atoms with Gasteiger partial charge in [-0.05, 0) is 43.3 Å². The summed E-state index contributed by atoms with van der Waals surface area (Å²) >= 11 is 15.1. The Labute approximate surface area is 157 Å². The van der Waals surface area contributed by atoms with Crippen LogP contribution in [0.5, 0.6) is 0 Å². The van der Waals surface area contributed by atoms with Crippen molar-refractivity contribution in [3.05, 3.63) is 56.5 Å². The molecule has 0 saturated carbocycles. The number of rotatable bonds is 4. The van der Waals surface area contributed by atoms with Crippen LogP contribution in [0.15, 0.2) is 40.9 Å². The maximum absolute atomic E-state index is 12.2. The lowest BCUT2D eigenvalue weighted by atomic mass is 10.2. The summed E-state index contributed by atoms with van der Waals surface area (Å²) in [6.07, 6.45) is -1.05. The lowest BCUT2D eigenvalue weighted by Crippen LogP contribution is -2.30. The highest BCUT2D eigenvalue weighted by Crippen LogP contribution is 2.26. The van der Waals surface area contributed by atoms with E-state index in [1.165, 1.54) is 19.1 Å². The normalized spacial score (nSPS) is 11.7. The topological polar surface area (TPSA) is 81.4 Å². The number of amides is 1. The summed E-state index contributed by atoms with van der Waals surface area (Å²) in [5.41, 5.74) is 6.51. The molecule has 2 aromatic rings. The zero-order valence-corrected chi connectivity index (χ0v) is 15.6. The minimum atomic E-state index is -1.05. The van der Waals surface area contributed by atoms with Crippen LogP contribution in [-0.2, 0) is 9.53 Å². The summed E-state index contributed by atoms with van der Waals surface area (Å²) in [6, 6.07) is 9.44.